The number of halogens is 1. The number of anilines is 1. The quantitative estimate of drug-likeness (QED) is 0.839. The van der Waals surface area contributed by atoms with Gasteiger partial charge in [0.1, 0.15) is 5.76 Å². The number of rotatable bonds is 4. The first kappa shape index (κ1) is 11.4. The molecule has 1 aromatic carbocycles. The monoisotopic (exact) mass is 253 g/mol. The lowest BCUT2D eigenvalue weighted by Crippen LogP contribution is -1.89. The van der Waals surface area contributed by atoms with Gasteiger partial charge >= 0.3 is 0 Å². The summed E-state index contributed by atoms with van der Waals surface area (Å²) in [4.78, 5) is 0. The Kier molecular flexibility index (Phi) is 3.80. The molecule has 0 saturated carbocycles. The number of hydrogen-bond acceptors (Lipinski definition) is 3. The van der Waals surface area contributed by atoms with Gasteiger partial charge in [0, 0.05) is 16.5 Å². The molecule has 0 atom stereocenters. The Balaban J connectivity index is 1.92. The van der Waals surface area contributed by atoms with Crippen molar-refractivity contribution in [3.05, 3.63) is 52.9 Å². The highest BCUT2D eigenvalue weighted by Crippen LogP contribution is 2.25. The van der Waals surface area contributed by atoms with Crippen LogP contribution in [0.5, 0.6) is 0 Å². The van der Waals surface area contributed by atoms with Crippen LogP contribution in [0.1, 0.15) is 11.3 Å². The molecule has 0 spiro atoms. The van der Waals surface area contributed by atoms with Crippen LogP contribution in [0.15, 0.2) is 41.0 Å². The molecule has 1 aromatic heterocycles. The third kappa shape index (κ3) is 2.97. The first-order chi connectivity index (χ1) is 7.75. The topological polar surface area (TPSA) is 39.2 Å². The third-order valence-corrected chi connectivity index (χ3v) is 3.52. The normalized spacial score (nSPS) is 10.6. The smallest absolute Gasteiger partial charge is 0.113 e. The standard InChI is InChI=1S/C12H12ClNOS/c13-12-4-3-10(14)6-9(12)7-16-8-11-2-1-5-15-11/h1-6H,7-8,14H2. The molecule has 0 radical (unpaired) electrons. The summed E-state index contributed by atoms with van der Waals surface area (Å²) in [5.41, 5.74) is 7.52. The zero-order valence-electron chi connectivity index (χ0n) is 8.65. The molecule has 0 aliphatic rings. The van der Waals surface area contributed by atoms with Gasteiger partial charge in [-0.2, -0.15) is 0 Å². The van der Waals surface area contributed by atoms with Crippen LogP contribution >= 0.6 is 23.4 Å². The van der Waals surface area contributed by atoms with Crippen molar-refractivity contribution in [2.24, 2.45) is 0 Å². The van der Waals surface area contributed by atoms with Crippen molar-refractivity contribution in [2.75, 3.05) is 5.73 Å². The number of benzene rings is 1. The molecule has 0 aliphatic carbocycles. The number of nitrogens with two attached hydrogens (primary N) is 1. The van der Waals surface area contributed by atoms with Gasteiger partial charge in [0.25, 0.3) is 0 Å². The highest BCUT2D eigenvalue weighted by Gasteiger charge is 2.02. The Labute approximate surface area is 104 Å². The molecular weight excluding hydrogens is 242 g/mol. The van der Waals surface area contributed by atoms with Crippen molar-refractivity contribution < 1.29 is 4.42 Å². The second-order valence-electron chi connectivity index (χ2n) is 3.42. The van der Waals surface area contributed by atoms with E-state index in [1.807, 2.05) is 30.3 Å². The van der Waals surface area contributed by atoms with Crippen molar-refractivity contribution in [1.82, 2.24) is 0 Å². The van der Waals surface area contributed by atoms with E-state index in [1.165, 1.54) is 0 Å². The molecule has 2 nitrogen and oxygen atoms in total. The van der Waals surface area contributed by atoms with E-state index in [2.05, 4.69) is 0 Å². The fourth-order valence-electron chi connectivity index (χ4n) is 1.36. The van der Waals surface area contributed by atoms with Gasteiger partial charge in [-0.25, -0.2) is 0 Å². The molecule has 2 N–H and O–H groups in total. The predicted octanol–water partition coefficient (Wildman–Crippen LogP) is 3.95. The summed E-state index contributed by atoms with van der Waals surface area (Å²) in [5, 5.41) is 0.765. The van der Waals surface area contributed by atoms with Gasteiger partial charge < -0.3 is 10.2 Å². The summed E-state index contributed by atoms with van der Waals surface area (Å²) in [7, 11) is 0. The first-order valence-corrected chi connectivity index (χ1v) is 6.43. The maximum Gasteiger partial charge on any atom is 0.113 e. The van der Waals surface area contributed by atoms with Crippen LogP contribution in [0.3, 0.4) is 0 Å². The van der Waals surface area contributed by atoms with Crippen molar-refractivity contribution in [2.45, 2.75) is 11.5 Å². The lowest BCUT2D eigenvalue weighted by Gasteiger charge is -2.04. The van der Waals surface area contributed by atoms with Gasteiger partial charge in [-0.05, 0) is 35.9 Å². The molecule has 84 valence electrons. The summed E-state index contributed by atoms with van der Waals surface area (Å²) >= 11 is 7.82. The number of nitrogen functional groups attached to an aromatic ring is 1. The molecular formula is C12H12ClNOS. The van der Waals surface area contributed by atoms with E-state index in [9.17, 15) is 0 Å². The molecule has 16 heavy (non-hydrogen) atoms. The fraction of sp³-hybridized carbons (Fsp3) is 0.167. The Bertz CT molecular complexity index is 456. The highest BCUT2D eigenvalue weighted by molar-refractivity contribution is 7.97. The van der Waals surface area contributed by atoms with E-state index in [0.717, 1.165) is 33.5 Å². The van der Waals surface area contributed by atoms with E-state index >= 15 is 0 Å². The molecule has 0 fully saturated rings. The van der Waals surface area contributed by atoms with Crippen LogP contribution < -0.4 is 5.73 Å². The molecule has 4 heteroatoms. The van der Waals surface area contributed by atoms with Crippen molar-refractivity contribution >= 4 is 29.1 Å². The van der Waals surface area contributed by atoms with Crippen LogP contribution in [0.2, 0.25) is 5.02 Å². The number of thioether (sulfide) groups is 1. The molecule has 0 amide bonds. The fourth-order valence-corrected chi connectivity index (χ4v) is 2.55. The van der Waals surface area contributed by atoms with Gasteiger partial charge in [0.05, 0.1) is 12.0 Å². The minimum atomic E-state index is 0.748. The van der Waals surface area contributed by atoms with Gasteiger partial charge in [-0.3, -0.25) is 0 Å². The largest absolute Gasteiger partial charge is 0.468 e. The summed E-state index contributed by atoms with van der Waals surface area (Å²) in [6, 6.07) is 9.41. The van der Waals surface area contributed by atoms with E-state index < -0.39 is 0 Å². The SMILES string of the molecule is Nc1ccc(Cl)c(CSCc2ccco2)c1. The van der Waals surface area contributed by atoms with Crippen LogP contribution in [0.25, 0.3) is 0 Å². The van der Waals surface area contributed by atoms with Crippen LogP contribution in [-0.4, -0.2) is 0 Å². The Morgan fingerprint density at radius 3 is 2.88 bits per heavy atom. The van der Waals surface area contributed by atoms with Crippen LogP contribution in [-0.2, 0) is 11.5 Å². The number of hydrogen-bond donors (Lipinski definition) is 1. The Morgan fingerprint density at radius 1 is 1.25 bits per heavy atom. The van der Waals surface area contributed by atoms with Gasteiger partial charge in [-0.1, -0.05) is 11.6 Å². The third-order valence-electron chi connectivity index (χ3n) is 2.15. The second-order valence-corrected chi connectivity index (χ2v) is 4.82. The van der Waals surface area contributed by atoms with E-state index in [0.29, 0.717) is 0 Å². The summed E-state index contributed by atoms with van der Waals surface area (Å²) in [6.45, 7) is 0. The van der Waals surface area contributed by atoms with Crippen LogP contribution in [0.4, 0.5) is 5.69 Å². The lowest BCUT2D eigenvalue weighted by molar-refractivity contribution is 0.530. The summed E-state index contributed by atoms with van der Waals surface area (Å²) < 4.78 is 5.25. The Hall–Kier alpha value is -1.06. The maximum atomic E-state index is 6.06. The van der Waals surface area contributed by atoms with Crippen molar-refractivity contribution in [1.29, 1.82) is 0 Å². The second kappa shape index (κ2) is 5.32. The zero-order chi connectivity index (χ0) is 11.4. The molecule has 0 unspecified atom stereocenters. The molecule has 1 heterocycles. The molecule has 2 aromatic rings. The predicted molar refractivity (Wildman–Crippen MR) is 69.6 cm³/mol. The van der Waals surface area contributed by atoms with E-state index in [1.54, 1.807) is 18.0 Å². The minimum absolute atomic E-state index is 0.748. The highest BCUT2D eigenvalue weighted by atomic mass is 35.5. The van der Waals surface area contributed by atoms with Gasteiger partial charge in [0.2, 0.25) is 0 Å². The number of furan rings is 1. The average Bonchev–Trinajstić information content (AvgIpc) is 2.76. The first-order valence-electron chi connectivity index (χ1n) is 4.90. The molecule has 0 saturated heterocycles. The van der Waals surface area contributed by atoms with Gasteiger partial charge in [0.15, 0.2) is 0 Å². The van der Waals surface area contributed by atoms with Crippen molar-refractivity contribution in [3.8, 4) is 0 Å². The summed E-state index contributed by atoms with van der Waals surface area (Å²) in [5.74, 6) is 2.66. The van der Waals surface area contributed by atoms with Crippen molar-refractivity contribution in [3.63, 3.8) is 0 Å². The van der Waals surface area contributed by atoms with Crippen LogP contribution in [0, 0.1) is 0 Å². The van der Waals surface area contributed by atoms with Gasteiger partial charge in [-0.15, -0.1) is 11.8 Å². The Morgan fingerprint density at radius 2 is 2.12 bits per heavy atom. The average molecular weight is 254 g/mol. The molecule has 2 rings (SSSR count). The maximum absolute atomic E-state index is 6.06. The lowest BCUT2D eigenvalue weighted by atomic mass is 10.2. The molecule has 0 bridgehead atoms. The zero-order valence-corrected chi connectivity index (χ0v) is 10.2. The van der Waals surface area contributed by atoms with E-state index in [-0.39, 0.29) is 0 Å². The summed E-state index contributed by atoms with van der Waals surface area (Å²) in [6.07, 6.45) is 1.68. The minimum Gasteiger partial charge on any atom is -0.468 e. The molecule has 0 aliphatic heterocycles. The van der Waals surface area contributed by atoms with E-state index in [4.69, 9.17) is 21.8 Å².